The number of likely N-dealkylation sites (N-methyl/N-ethyl adjacent to an activating group) is 1. The highest BCUT2D eigenvalue weighted by Crippen LogP contribution is 2.21. The molecule has 1 aromatic heterocycles. The standard InChI is InChI=1S/C14H26N2O4S/c1-6-16(12(4)10-19-5)21(17,18)14-8-7-13(20-14)9-15-11(2)3/h7-8,11-12,15H,6,9-10H2,1-5H3. The van der Waals surface area contributed by atoms with E-state index in [9.17, 15) is 8.42 Å². The molecule has 122 valence electrons. The van der Waals surface area contributed by atoms with Crippen LogP contribution in [0.3, 0.4) is 0 Å². The fourth-order valence-corrected chi connectivity index (χ4v) is 3.61. The van der Waals surface area contributed by atoms with Crippen LogP contribution >= 0.6 is 0 Å². The topological polar surface area (TPSA) is 71.8 Å². The number of sulfonamides is 1. The maximum absolute atomic E-state index is 12.6. The van der Waals surface area contributed by atoms with Crippen LogP contribution in [-0.4, -0.2) is 45.1 Å². The van der Waals surface area contributed by atoms with Crippen LogP contribution < -0.4 is 5.32 Å². The Morgan fingerprint density at radius 1 is 1.33 bits per heavy atom. The molecular weight excluding hydrogens is 292 g/mol. The van der Waals surface area contributed by atoms with E-state index in [1.807, 2.05) is 20.8 Å². The van der Waals surface area contributed by atoms with Crippen molar-refractivity contribution in [3.05, 3.63) is 17.9 Å². The molecule has 0 radical (unpaired) electrons. The van der Waals surface area contributed by atoms with Crippen molar-refractivity contribution < 1.29 is 17.6 Å². The van der Waals surface area contributed by atoms with Crippen LogP contribution in [0.25, 0.3) is 0 Å². The molecule has 1 unspecified atom stereocenters. The smallest absolute Gasteiger partial charge is 0.276 e. The van der Waals surface area contributed by atoms with E-state index in [-0.39, 0.29) is 11.1 Å². The average Bonchev–Trinajstić information content (AvgIpc) is 2.86. The molecule has 0 amide bonds. The van der Waals surface area contributed by atoms with Crippen molar-refractivity contribution in [3.63, 3.8) is 0 Å². The van der Waals surface area contributed by atoms with Crippen molar-refractivity contribution in [1.29, 1.82) is 0 Å². The van der Waals surface area contributed by atoms with Gasteiger partial charge in [-0.1, -0.05) is 20.8 Å². The summed E-state index contributed by atoms with van der Waals surface area (Å²) in [5, 5.41) is 3.17. The lowest BCUT2D eigenvalue weighted by atomic mass is 10.3. The summed E-state index contributed by atoms with van der Waals surface area (Å²) in [6.07, 6.45) is 0. The first-order chi connectivity index (χ1) is 9.82. The molecule has 1 heterocycles. The van der Waals surface area contributed by atoms with Gasteiger partial charge in [0.2, 0.25) is 5.09 Å². The number of hydrogen-bond acceptors (Lipinski definition) is 5. The molecule has 0 saturated heterocycles. The van der Waals surface area contributed by atoms with Crippen LogP contribution in [0.4, 0.5) is 0 Å². The molecule has 1 N–H and O–H groups in total. The van der Waals surface area contributed by atoms with Gasteiger partial charge in [-0.05, 0) is 19.1 Å². The van der Waals surface area contributed by atoms with Gasteiger partial charge in [-0.3, -0.25) is 0 Å². The number of nitrogens with one attached hydrogen (secondary N) is 1. The second-order valence-corrected chi connectivity index (χ2v) is 7.09. The molecule has 0 aliphatic carbocycles. The highest BCUT2D eigenvalue weighted by molar-refractivity contribution is 7.89. The number of methoxy groups -OCH3 is 1. The molecule has 7 heteroatoms. The maximum Gasteiger partial charge on any atom is 0.276 e. The van der Waals surface area contributed by atoms with E-state index in [1.165, 1.54) is 10.4 Å². The second-order valence-electron chi connectivity index (χ2n) is 5.27. The summed E-state index contributed by atoms with van der Waals surface area (Å²) in [7, 11) is -2.08. The summed E-state index contributed by atoms with van der Waals surface area (Å²) >= 11 is 0. The predicted octanol–water partition coefficient (Wildman–Crippen LogP) is 1.82. The molecule has 6 nitrogen and oxygen atoms in total. The minimum atomic E-state index is -3.63. The number of rotatable bonds is 9. The zero-order valence-corrected chi connectivity index (χ0v) is 14.2. The van der Waals surface area contributed by atoms with Gasteiger partial charge in [-0.25, -0.2) is 8.42 Å². The highest BCUT2D eigenvalue weighted by Gasteiger charge is 2.30. The van der Waals surface area contributed by atoms with Crippen LogP contribution in [0.2, 0.25) is 0 Å². The van der Waals surface area contributed by atoms with Crippen LogP contribution in [-0.2, 0) is 21.3 Å². The van der Waals surface area contributed by atoms with Crippen LogP contribution in [0.5, 0.6) is 0 Å². The number of hydrogen-bond donors (Lipinski definition) is 1. The Kier molecular flexibility index (Phi) is 6.86. The summed E-state index contributed by atoms with van der Waals surface area (Å²) in [4.78, 5) is 0. The van der Waals surface area contributed by atoms with Gasteiger partial charge in [0.1, 0.15) is 5.76 Å². The second kappa shape index (κ2) is 7.93. The lowest BCUT2D eigenvalue weighted by Crippen LogP contribution is -2.40. The Morgan fingerprint density at radius 3 is 2.52 bits per heavy atom. The average molecular weight is 318 g/mol. The van der Waals surface area contributed by atoms with E-state index < -0.39 is 10.0 Å². The van der Waals surface area contributed by atoms with Crippen molar-refractivity contribution in [2.45, 2.75) is 51.4 Å². The van der Waals surface area contributed by atoms with E-state index in [1.54, 1.807) is 20.1 Å². The molecule has 0 aliphatic rings. The molecule has 0 fully saturated rings. The fourth-order valence-electron chi connectivity index (χ4n) is 2.06. The minimum Gasteiger partial charge on any atom is -0.447 e. The SMILES string of the molecule is CCN(C(C)COC)S(=O)(=O)c1ccc(CNC(C)C)o1. The van der Waals surface area contributed by atoms with Gasteiger partial charge in [-0.2, -0.15) is 4.31 Å². The lowest BCUT2D eigenvalue weighted by molar-refractivity contribution is 0.141. The van der Waals surface area contributed by atoms with Gasteiger partial charge in [0.15, 0.2) is 0 Å². The summed E-state index contributed by atoms with van der Waals surface area (Å²) in [5.41, 5.74) is 0. The Bertz CT molecular complexity index is 525. The van der Waals surface area contributed by atoms with Crippen molar-refractivity contribution >= 4 is 10.0 Å². The molecule has 0 aromatic carbocycles. The third-order valence-corrected chi connectivity index (χ3v) is 5.06. The largest absolute Gasteiger partial charge is 0.447 e. The Hall–Kier alpha value is -0.890. The summed E-state index contributed by atoms with van der Waals surface area (Å²) in [5.74, 6) is 0.609. The Balaban J connectivity index is 2.90. The number of furan rings is 1. The highest BCUT2D eigenvalue weighted by atomic mass is 32.2. The first kappa shape index (κ1) is 18.2. The van der Waals surface area contributed by atoms with Gasteiger partial charge >= 0.3 is 0 Å². The summed E-state index contributed by atoms with van der Waals surface area (Å²) < 4.78 is 37.1. The van der Waals surface area contributed by atoms with E-state index >= 15 is 0 Å². The van der Waals surface area contributed by atoms with E-state index in [0.29, 0.717) is 31.5 Å². The first-order valence-corrected chi connectivity index (χ1v) is 8.59. The van der Waals surface area contributed by atoms with E-state index in [2.05, 4.69) is 5.32 Å². The number of nitrogens with zero attached hydrogens (tertiary/aromatic N) is 1. The molecule has 0 bridgehead atoms. The molecular formula is C14H26N2O4S. The van der Waals surface area contributed by atoms with Crippen LogP contribution in [0, 0.1) is 0 Å². The van der Waals surface area contributed by atoms with E-state index in [4.69, 9.17) is 9.15 Å². The minimum absolute atomic E-state index is 0.0205. The molecule has 1 atom stereocenters. The third kappa shape index (κ3) is 4.81. The third-order valence-electron chi connectivity index (χ3n) is 3.10. The summed E-state index contributed by atoms with van der Waals surface area (Å²) in [6, 6.07) is 3.27. The van der Waals surface area contributed by atoms with Crippen LogP contribution in [0.1, 0.15) is 33.5 Å². The van der Waals surface area contributed by atoms with Gasteiger partial charge in [-0.15, -0.1) is 0 Å². The Labute approximate surface area is 127 Å². The Morgan fingerprint density at radius 2 is 2.00 bits per heavy atom. The van der Waals surface area contributed by atoms with Gasteiger partial charge in [0.05, 0.1) is 13.2 Å². The van der Waals surface area contributed by atoms with Crippen LogP contribution in [0.15, 0.2) is 21.6 Å². The zero-order valence-electron chi connectivity index (χ0n) is 13.4. The van der Waals surface area contributed by atoms with Gasteiger partial charge < -0.3 is 14.5 Å². The number of ether oxygens (including phenoxy) is 1. The predicted molar refractivity (Wildman–Crippen MR) is 81.6 cm³/mol. The van der Waals surface area contributed by atoms with Gasteiger partial charge in [0, 0.05) is 25.7 Å². The summed E-state index contributed by atoms with van der Waals surface area (Å²) in [6.45, 7) is 8.87. The molecule has 21 heavy (non-hydrogen) atoms. The van der Waals surface area contributed by atoms with Crippen molar-refractivity contribution in [1.82, 2.24) is 9.62 Å². The molecule has 0 aliphatic heterocycles. The first-order valence-electron chi connectivity index (χ1n) is 7.15. The normalized spacial score (nSPS) is 14.0. The quantitative estimate of drug-likeness (QED) is 0.752. The van der Waals surface area contributed by atoms with Crippen molar-refractivity contribution in [2.75, 3.05) is 20.3 Å². The molecule has 1 rings (SSSR count). The molecule has 0 saturated carbocycles. The monoisotopic (exact) mass is 318 g/mol. The maximum atomic E-state index is 12.6. The molecule has 1 aromatic rings. The van der Waals surface area contributed by atoms with Crippen molar-refractivity contribution in [3.8, 4) is 0 Å². The fraction of sp³-hybridized carbons (Fsp3) is 0.714. The van der Waals surface area contributed by atoms with E-state index in [0.717, 1.165) is 0 Å². The van der Waals surface area contributed by atoms with Gasteiger partial charge in [0.25, 0.3) is 10.0 Å². The lowest BCUT2D eigenvalue weighted by Gasteiger charge is -2.25. The van der Waals surface area contributed by atoms with Crippen molar-refractivity contribution in [2.24, 2.45) is 0 Å². The molecule has 0 spiro atoms. The zero-order chi connectivity index (χ0) is 16.0.